The number of pyridine rings is 1. The van der Waals surface area contributed by atoms with Gasteiger partial charge in [0.1, 0.15) is 28.2 Å². The molecule has 2 aliphatic heterocycles. The summed E-state index contributed by atoms with van der Waals surface area (Å²) in [4.78, 5) is 15.2. The van der Waals surface area contributed by atoms with Gasteiger partial charge in [-0.2, -0.15) is 23.1 Å². The van der Waals surface area contributed by atoms with Crippen molar-refractivity contribution < 1.29 is 36.2 Å². The summed E-state index contributed by atoms with van der Waals surface area (Å²) in [6.07, 6.45) is -4.20. The van der Waals surface area contributed by atoms with E-state index in [4.69, 9.17) is 19.9 Å². The van der Waals surface area contributed by atoms with Crippen LogP contribution < -0.4 is 25.8 Å². The summed E-state index contributed by atoms with van der Waals surface area (Å²) < 4.78 is 91.2. The number of hydrogen-bond donors (Lipinski definition) is 3. The number of nitrogens with zero attached hydrogens (tertiary/aromatic N) is 4. The molecule has 4 N–H and O–H groups in total. The van der Waals surface area contributed by atoms with Gasteiger partial charge in [-0.15, -0.1) is 0 Å². The van der Waals surface area contributed by atoms with Gasteiger partial charge in [0.25, 0.3) is 0 Å². The summed E-state index contributed by atoms with van der Waals surface area (Å²) in [5.74, 6) is -2.44. The van der Waals surface area contributed by atoms with Crippen molar-refractivity contribution in [2.24, 2.45) is 0 Å². The lowest BCUT2D eigenvalue weighted by atomic mass is 9.96. The first-order valence-corrected chi connectivity index (χ1v) is 14.6. The molecule has 0 saturated carbocycles. The Labute approximate surface area is 251 Å². The van der Waals surface area contributed by atoms with Gasteiger partial charge >= 0.3 is 12.2 Å². The fourth-order valence-corrected chi connectivity index (χ4v) is 5.44. The van der Waals surface area contributed by atoms with Crippen LogP contribution >= 0.6 is 0 Å². The Morgan fingerprint density at radius 3 is 2.64 bits per heavy atom. The first kappa shape index (κ1) is 31.9. The predicted molar refractivity (Wildman–Crippen MR) is 155 cm³/mol. The maximum Gasteiger partial charge on any atom is 0.417 e. The van der Waals surface area contributed by atoms with E-state index >= 15 is 4.39 Å². The Morgan fingerprint density at radius 1 is 1.09 bits per heavy atom. The number of hydrogen-bond acceptors (Lipinski definition) is 10. The number of halogens is 5. The zero-order valence-electron chi connectivity index (χ0n) is 24.8. The van der Waals surface area contributed by atoms with E-state index < -0.39 is 52.0 Å². The second-order valence-electron chi connectivity index (χ2n) is 11.1. The number of nitrogen functional groups attached to an aromatic ring is 1. The van der Waals surface area contributed by atoms with Crippen LogP contribution in [-0.2, 0) is 10.9 Å². The van der Waals surface area contributed by atoms with Gasteiger partial charge < -0.3 is 30.6 Å². The van der Waals surface area contributed by atoms with E-state index in [1.54, 1.807) is 6.92 Å². The number of morpholine rings is 1. The van der Waals surface area contributed by atoms with Crippen molar-refractivity contribution in [3.8, 4) is 23.1 Å². The van der Waals surface area contributed by atoms with Crippen LogP contribution in [0.4, 0.5) is 33.5 Å². The van der Waals surface area contributed by atoms with Crippen molar-refractivity contribution in [3.05, 3.63) is 28.8 Å². The molecular weight excluding hydrogens is 589 g/mol. The molecule has 0 bridgehead atoms. The lowest BCUT2D eigenvalue weighted by molar-refractivity contribution is -0.137. The van der Waals surface area contributed by atoms with Crippen molar-refractivity contribution in [2.45, 2.75) is 52.0 Å². The molecule has 1 fully saturated rings. The van der Waals surface area contributed by atoms with Crippen molar-refractivity contribution in [2.75, 3.05) is 63.5 Å². The van der Waals surface area contributed by atoms with Gasteiger partial charge in [0, 0.05) is 38.3 Å². The van der Waals surface area contributed by atoms with Gasteiger partial charge in [0.15, 0.2) is 5.82 Å². The van der Waals surface area contributed by atoms with E-state index in [1.807, 2.05) is 6.92 Å². The van der Waals surface area contributed by atoms with Gasteiger partial charge in [-0.25, -0.2) is 13.8 Å². The average molecular weight is 626 g/mol. The van der Waals surface area contributed by atoms with Gasteiger partial charge in [0.2, 0.25) is 5.88 Å². The number of anilines is 2. The number of alkyl halides is 3. The third-order valence-electron chi connectivity index (χ3n) is 7.61. The quantitative estimate of drug-likeness (QED) is 0.205. The lowest BCUT2D eigenvalue weighted by Gasteiger charge is -2.30. The van der Waals surface area contributed by atoms with Gasteiger partial charge in [-0.05, 0) is 51.8 Å². The zero-order chi connectivity index (χ0) is 31.6. The molecule has 0 amide bonds. The monoisotopic (exact) mass is 625 g/mol. The van der Waals surface area contributed by atoms with Crippen LogP contribution in [0.25, 0.3) is 22.2 Å². The zero-order valence-corrected chi connectivity index (χ0v) is 24.8. The second-order valence-corrected chi connectivity index (χ2v) is 11.1. The molecule has 240 valence electrons. The van der Waals surface area contributed by atoms with Crippen LogP contribution in [0.15, 0.2) is 6.07 Å². The first-order valence-electron chi connectivity index (χ1n) is 14.6. The summed E-state index contributed by atoms with van der Waals surface area (Å²) in [6, 6.07) is 0.567. The molecular formula is C29H36F5N7O3. The lowest BCUT2D eigenvalue weighted by Crippen LogP contribution is -2.41. The minimum Gasteiger partial charge on any atom is -0.474 e. The van der Waals surface area contributed by atoms with E-state index in [2.05, 4.69) is 30.5 Å². The summed E-state index contributed by atoms with van der Waals surface area (Å²) >= 11 is 0. The average Bonchev–Trinajstić information content (AvgIpc) is 2.99. The summed E-state index contributed by atoms with van der Waals surface area (Å²) in [7, 11) is 0. The Hall–Kier alpha value is -3.56. The molecule has 1 aromatic carbocycles. The van der Waals surface area contributed by atoms with E-state index in [1.165, 1.54) is 0 Å². The highest BCUT2D eigenvalue weighted by atomic mass is 19.4. The fourth-order valence-electron chi connectivity index (χ4n) is 5.44. The largest absolute Gasteiger partial charge is 0.474 e. The van der Waals surface area contributed by atoms with Crippen LogP contribution in [0.5, 0.6) is 11.9 Å². The van der Waals surface area contributed by atoms with E-state index in [9.17, 15) is 17.6 Å². The molecule has 3 aromatic rings. The Balaban J connectivity index is 1.61. The number of rotatable bonds is 6. The molecule has 0 radical (unpaired) electrons. The third-order valence-corrected chi connectivity index (χ3v) is 7.61. The SMILES string of the molecule is Cc1c(F)c(N)cc(-c2nc3c4c(nc(OCCCN5CCO[C@H](C)C5)nc4c2F)NCCNCC[C@H](C)O3)c1C(F)(F)F. The number of nitrogens with one attached hydrogen (secondary N) is 2. The van der Waals surface area contributed by atoms with Gasteiger partial charge in [-0.1, -0.05) is 0 Å². The molecule has 2 atom stereocenters. The van der Waals surface area contributed by atoms with E-state index in [0.717, 1.165) is 32.6 Å². The molecule has 4 heterocycles. The highest BCUT2D eigenvalue weighted by Gasteiger charge is 2.39. The van der Waals surface area contributed by atoms with Crippen molar-refractivity contribution in [1.82, 2.24) is 25.2 Å². The maximum absolute atomic E-state index is 16.4. The highest BCUT2D eigenvalue weighted by molar-refractivity contribution is 5.96. The second kappa shape index (κ2) is 13.2. The summed E-state index contributed by atoms with van der Waals surface area (Å²) in [6.45, 7) is 9.43. The topological polar surface area (TPSA) is 120 Å². The summed E-state index contributed by atoms with van der Waals surface area (Å²) in [5, 5.41) is 6.43. The molecule has 2 aromatic heterocycles. The highest BCUT2D eigenvalue weighted by Crippen LogP contribution is 2.44. The van der Waals surface area contributed by atoms with Crippen molar-refractivity contribution in [1.29, 1.82) is 0 Å². The van der Waals surface area contributed by atoms with Crippen LogP contribution in [0.2, 0.25) is 0 Å². The minimum absolute atomic E-state index is 0.0509. The molecule has 5 rings (SSSR count). The molecule has 1 saturated heterocycles. The standard InChI is InChI=1S/C29H36F5N7O3/c1-15-5-6-36-7-8-37-26-20-25(39-28(40-26)43-11-4-9-41-10-12-42-16(2)14-41)23(31)24(38-27(20)44-15)18-13-19(35)22(30)17(3)21(18)29(32,33)34/h13,15-16,36H,4-12,14,35H2,1-3H3,(H,37,39,40)/t15-,16+/m0/s1. The van der Waals surface area contributed by atoms with Crippen LogP contribution in [0.1, 0.15) is 37.8 Å². The Kier molecular flexibility index (Phi) is 9.56. The van der Waals surface area contributed by atoms with E-state index in [-0.39, 0.29) is 41.3 Å². The van der Waals surface area contributed by atoms with Crippen molar-refractivity contribution in [3.63, 3.8) is 0 Å². The van der Waals surface area contributed by atoms with Gasteiger partial charge in [0.05, 0.1) is 36.7 Å². The molecule has 0 aliphatic carbocycles. The number of benzene rings is 1. The molecule has 0 unspecified atom stereocenters. The summed E-state index contributed by atoms with van der Waals surface area (Å²) in [5.41, 5.74) is 1.16. The molecule has 0 spiro atoms. The smallest absolute Gasteiger partial charge is 0.417 e. The number of ether oxygens (including phenoxy) is 3. The number of aromatic nitrogens is 3. The first-order chi connectivity index (χ1) is 20.9. The Bertz CT molecular complexity index is 1510. The third kappa shape index (κ3) is 6.89. The molecule has 2 aliphatic rings. The predicted octanol–water partition coefficient (Wildman–Crippen LogP) is 4.54. The van der Waals surface area contributed by atoms with Crippen LogP contribution in [-0.4, -0.2) is 84.5 Å². The van der Waals surface area contributed by atoms with Crippen LogP contribution in [0, 0.1) is 18.6 Å². The molecule has 44 heavy (non-hydrogen) atoms. The molecule has 10 nitrogen and oxygen atoms in total. The minimum atomic E-state index is -5.04. The Morgan fingerprint density at radius 2 is 1.89 bits per heavy atom. The normalized spacial score (nSPS) is 20.1. The number of nitrogens with two attached hydrogens (primary N) is 1. The van der Waals surface area contributed by atoms with E-state index in [0.29, 0.717) is 39.1 Å². The van der Waals surface area contributed by atoms with Crippen molar-refractivity contribution >= 4 is 22.4 Å². The fraction of sp³-hybridized carbons (Fsp3) is 0.552. The van der Waals surface area contributed by atoms with Gasteiger partial charge in [-0.3, -0.25) is 4.90 Å². The molecule has 15 heteroatoms. The maximum atomic E-state index is 16.4. The van der Waals surface area contributed by atoms with Crippen LogP contribution in [0.3, 0.4) is 0 Å².